The van der Waals surface area contributed by atoms with Crippen molar-refractivity contribution in [2.75, 3.05) is 6.61 Å². The van der Waals surface area contributed by atoms with Crippen molar-refractivity contribution in [2.45, 2.75) is 51.9 Å². The summed E-state index contributed by atoms with van der Waals surface area (Å²) in [4.78, 5) is 0. The van der Waals surface area contributed by atoms with Gasteiger partial charge in [-0.3, -0.25) is 0 Å². The van der Waals surface area contributed by atoms with Crippen molar-refractivity contribution >= 4 is 0 Å². The zero-order chi connectivity index (χ0) is 21.5. The monoisotopic (exact) mass is 408 g/mol. The van der Waals surface area contributed by atoms with Crippen LogP contribution in [0.4, 0.5) is 0 Å². The molecule has 0 atom stereocenters. The molecule has 31 heavy (non-hydrogen) atoms. The number of ether oxygens (including phenoxy) is 1. The molecule has 1 nitrogen and oxygen atoms in total. The van der Waals surface area contributed by atoms with Crippen LogP contribution >= 0.6 is 0 Å². The molecular weight excluding hydrogens is 376 g/mol. The maximum absolute atomic E-state index is 5.67. The zero-order valence-electron chi connectivity index (χ0n) is 18.7. The van der Waals surface area contributed by atoms with Gasteiger partial charge in [0.1, 0.15) is 5.75 Å². The average molecular weight is 409 g/mol. The fourth-order valence-corrected chi connectivity index (χ4v) is 4.29. The summed E-state index contributed by atoms with van der Waals surface area (Å²) in [6.07, 6.45) is 6.40. The molecule has 0 saturated heterocycles. The highest BCUT2D eigenvalue weighted by molar-refractivity contribution is 5.65. The molecule has 0 aliphatic heterocycles. The van der Waals surface area contributed by atoms with Crippen molar-refractivity contribution in [3.8, 4) is 28.7 Å². The van der Waals surface area contributed by atoms with E-state index in [1.54, 1.807) is 0 Å². The third-order valence-electron chi connectivity index (χ3n) is 6.29. The predicted molar refractivity (Wildman–Crippen MR) is 130 cm³/mol. The van der Waals surface area contributed by atoms with Crippen molar-refractivity contribution in [1.29, 1.82) is 0 Å². The van der Waals surface area contributed by atoms with Crippen LogP contribution in [0.2, 0.25) is 0 Å². The van der Waals surface area contributed by atoms with Gasteiger partial charge in [-0.2, -0.15) is 0 Å². The lowest BCUT2D eigenvalue weighted by Crippen LogP contribution is -2.10. The van der Waals surface area contributed by atoms with Crippen LogP contribution in [0.15, 0.2) is 72.8 Å². The van der Waals surface area contributed by atoms with Crippen molar-refractivity contribution < 1.29 is 4.74 Å². The second-order valence-electron chi connectivity index (χ2n) is 8.78. The Morgan fingerprint density at radius 3 is 1.77 bits per heavy atom. The minimum atomic E-state index is 0.734. The highest BCUT2D eigenvalue weighted by atomic mass is 16.5. The SMILES string of the molecule is CCCOc1ccc(-c2ccc(C#Cc3ccc([C@H]4CC[C@H](C)CC4)cc3)cc2)cc1. The van der Waals surface area contributed by atoms with Gasteiger partial charge in [0.25, 0.3) is 0 Å². The summed E-state index contributed by atoms with van der Waals surface area (Å²) in [6, 6.07) is 25.7. The second-order valence-corrected chi connectivity index (χ2v) is 8.78. The van der Waals surface area contributed by atoms with Crippen molar-refractivity contribution in [3.63, 3.8) is 0 Å². The van der Waals surface area contributed by atoms with E-state index in [2.05, 4.69) is 86.4 Å². The Morgan fingerprint density at radius 1 is 0.710 bits per heavy atom. The first kappa shape index (κ1) is 21.3. The Bertz CT molecular complexity index is 1010. The van der Waals surface area contributed by atoms with Gasteiger partial charge in [0, 0.05) is 11.1 Å². The van der Waals surface area contributed by atoms with Crippen LogP contribution in [0.25, 0.3) is 11.1 Å². The Morgan fingerprint density at radius 2 is 1.23 bits per heavy atom. The molecule has 1 saturated carbocycles. The van der Waals surface area contributed by atoms with Crippen LogP contribution < -0.4 is 4.74 Å². The Kier molecular flexibility index (Phi) is 7.11. The molecule has 0 spiro atoms. The second kappa shape index (κ2) is 10.4. The summed E-state index contributed by atoms with van der Waals surface area (Å²) >= 11 is 0. The van der Waals surface area contributed by atoms with E-state index in [4.69, 9.17) is 4.74 Å². The molecule has 0 amide bonds. The Hall–Kier alpha value is -2.98. The van der Waals surface area contributed by atoms with Gasteiger partial charge in [-0.15, -0.1) is 0 Å². The molecular formula is C30H32O. The predicted octanol–water partition coefficient (Wildman–Crippen LogP) is 7.84. The fraction of sp³-hybridized carbons (Fsp3) is 0.333. The average Bonchev–Trinajstić information content (AvgIpc) is 2.83. The lowest BCUT2D eigenvalue weighted by Gasteiger charge is -2.26. The van der Waals surface area contributed by atoms with Crippen molar-refractivity contribution in [1.82, 2.24) is 0 Å². The molecule has 3 aromatic carbocycles. The van der Waals surface area contributed by atoms with Gasteiger partial charge in [-0.1, -0.05) is 74.9 Å². The van der Waals surface area contributed by atoms with Gasteiger partial charge >= 0.3 is 0 Å². The molecule has 3 aromatic rings. The minimum Gasteiger partial charge on any atom is -0.494 e. The lowest BCUT2D eigenvalue weighted by molar-refractivity contribution is 0.317. The summed E-state index contributed by atoms with van der Waals surface area (Å²) in [7, 11) is 0. The third kappa shape index (κ3) is 5.80. The molecule has 4 rings (SSSR count). The van der Waals surface area contributed by atoms with E-state index in [-0.39, 0.29) is 0 Å². The van der Waals surface area contributed by atoms with Crippen LogP contribution in [0.5, 0.6) is 5.75 Å². The summed E-state index contributed by atoms with van der Waals surface area (Å²) in [5.41, 5.74) is 5.99. The summed E-state index contributed by atoms with van der Waals surface area (Å²) in [6.45, 7) is 5.25. The van der Waals surface area contributed by atoms with E-state index in [1.165, 1.54) is 42.4 Å². The van der Waals surface area contributed by atoms with Crippen molar-refractivity contribution in [2.24, 2.45) is 5.92 Å². The molecule has 0 aromatic heterocycles. The highest BCUT2D eigenvalue weighted by Crippen LogP contribution is 2.35. The summed E-state index contributed by atoms with van der Waals surface area (Å²) in [5.74, 6) is 9.18. The molecule has 0 heterocycles. The van der Waals surface area contributed by atoms with Gasteiger partial charge in [0.2, 0.25) is 0 Å². The molecule has 1 aliphatic rings. The van der Waals surface area contributed by atoms with Crippen LogP contribution in [0.1, 0.15) is 68.6 Å². The maximum atomic E-state index is 5.67. The molecule has 0 unspecified atom stereocenters. The molecule has 1 fully saturated rings. The van der Waals surface area contributed by atoms with Gasteiger partial charge < -0.3 is 4.74 Å². The lowest BCUT2D eigenvalue weighted by atomic mass is 9.79. The fourth-order valence-electron chi connectivity index (χ4n) is 4.29. The molecule has 0 N–H and O–H groups in total. The minimum absolute atomic E-state index is 0.734. The van der Waals surface area contributed by atoms with Crippen molar-refractivity contribution in [3.05, 3.63) is 89.5 Å². The Balaban J connectivity index is 1.38. The molecule has 0 bridgehead atoms. The van der Waals surface area contributed by atoms with Crippen LogP contribution in [-0.2, 0) is 0 Å². The zero-order valence-corrected chi connectivity index (χ0v) is 18.7. The van der Waals surface area contributed by atoms with Crippen LogP contribution in [-0.4, -0.2) is 6.61 Å². The van der Waals surface area contributed by atoms with E-state index < -0.39 is 0 Å². The smallest absolute Gasteiger partial charge is 0.119 e. The first-order valence-electron chi connectivity index (χ1n) is 11.7. The third-order valence-corrected chi connectivity index (χ3v) is 6.29. The molecule has 1 heteroatoms. The van der Waals surface area contributed by atoms with Gasteiger partial charge in [-0.05, 0) is 84.2 Å². The highest BCUT2D eigenvalue weighted by Gasteiger charge is 2.19. The first-order chi connectivity index (χ1) is 15.2. The number of hydrogen-bond donors (Lipinski definition) is 0. The molecule has 1 aliphatic carbocycles. The molecule has 158 valence electrons. The normalized spacial score (nSPS) is 18.1. The van der Waals surface area contributed by atoms with Gasteiger partial charge in [0.15, 0.2) is 0 Å². The standard InChI is InChI=1S/C30H32O/c1-3-22-31-30-20-18-29(19-21-30)28-16-10-25(11-17-28)7-6-24-8-14-27(15-9-24)26-12-4-23(2)5-13-26/h8-11,14-21,23,26H,3-5,12-13,22H2,1-2H3/t23-,26-. The largest absolute Gasteiger partial charge is 0.494 e. The van der Waals surface area contributed by atoms with Gasteiger partial charge in [-0.25, -0.2) is 0 Å². The van der Waals surface area contributed by atoms with Gasteiger partial charge in [0.05, 0.1) is 6.61 Å². The van der Waals surface area contributed by atoms with E-state index >= 15 is 0 Å². The maximum Gasteiger partial charge on any atom is 0.119 e. The van der Waals surface area contributed by atoms with E-state index in [1.807, 2.05) is 12.1 Å². The van der Waals surface area contributed by atoms with E-state index in [0.29, 0.717) is 0 Å². The molecule has 0 radical (unpaired) electrons. The van der Waals surface area contributed by atoms with Crippen LogP contribution in [0, 0.1) is 17.8 Å². The quantitative estimate of drug-likeness (QED) is 0.391. The topological polar surface area (TPSA) is 9.23 Å². The summed E-state index contributed by atoms with van der Waals surface area (Å²) < 4.78 is 5.67. The number of rotatable bonds is 5. The van der Waals surface area contributed by atoms with E-state index in [0.717, 1.165) is 41.7 Å². The number of benzene rings is 3. The number of hydrogen-bond acceptors (Lipinski definition) is 1. The summed E-state index contributed by atoms with van der Waals surface area (Å²) in [5, 5.41) is 0. The van der Waals surface area contributed by atoms with Crippen LogP contribution in [0.3, 0.4) is 0 Å². The first-order valence-corrected chi connectivity index (χ1v) is 11.7. The Labute approximate surface area is 187 Å². The van der Waals surface area contributed by atoms with E-state index in [9.17, 15) is 0 Å².